The summed E-state index contributed by atoms with van der Waals surface area (Å²) in [6, 6.07) is 58.3. The van der Waals surface area contributed by atoms with E-state index in [2.05, 4.69) is 204 Å². The maximum absolute atomic E-state index is 7.40. The Morgan fingerprint density at radius 3 is 1.12 bits per heavy atom. The zero-order valence-corrected chi connectivity index (χ0v) is 36.4. The molecule has 1 saturated heterocycles. The molecule has 1 aliphatic rings. The molecule has 0 spiro atoms. The quantitative estimate of drug-likeness (QED) is 0.174. The summed E-state index contributed by atoms with van der Waals surface area (Å²) in [4.78, 5) is 0. The first-order valence-electron chi connectivity index (χ1n) is 21.5. The molecule has 10 rings (SSSR count). The van der Waals surface area contributed by atoms with Crippen LogP contribution in [-0.4, -0.2) is 13.1 Å². The molecule has 0 bridgehead atoms. The lowest BCUT2D eigenvalue weighted by Gasteiger charge is -2.19. The van der Waals surface area contributed by atoms with E-state index in [1.165, 1.54) is 44.2 Å². The van der Waals surface area contributed by atoms with Gasteiger partial charge in [-0.15, -0.1) is 0 Å². The lowest BCUT2D eigenvalue weighted by molar-refractivity contribution is 0.590. The van der Waals surface area contributed by atoms with Crippen molar-refractivity contribution < 1.29 is 8.39 Å². The van der Waals surface area contributed by atoms with Crippen molar-refractivity contribution in [3.63, 3.8) is 0 Å². The van der Waals surface area contributed by atoms with Crippen LogP contribution in [0, 0.1) is 0 Å². The predicted octanol–water partition coefficient (Wildman–Crippen LogP) is 16.6. The fourth-order valence-corrected chi connectivity index (χ4v) is 10.5. The minimum absolute atomic E-state index is 0.114. The van der Waals surface area contributed by atoms with Crippen LogP contribution in [-0.2, 0) is 10.8 Å². The number of benzene rings is 8. The Morgan fingerprint density at radius 2 is 0.750 bits per heavy atom. The van der Waals surface area contributed by atoms with Crippen LogP contribution < -0.4 is 4.67 Å². The zero-order valence-electron chi connectivity index (χ0n) is 35.6. The molecule has 9 aromatic rings. The largest absolute Gasteiger partial charge is 0.407 e. The van der Waals surface area contributed by atoms with E-state index in [0.29, 0.717) is 0 Å². The maximum Gasteiger partial charge on any atom is 0.309 e. The molecular weight excluding hydrogens is 750 g/mol. The SMILES string of the molecule is CC(C)(C)c1ccc(-c2ccc(-c3cc4ccccc4c4c3op(N3CCCC3)oc3c(-c5ccc(-c6ccc(C(C)(C)C)cc6)cc5)cc5ccccc5c34)cc2)cc1. The van der Waals surface area contributed by atoms with E-state index in [-0.39, 0.29) is 10.8 Å². The Balaban J connectivity index is 1.22. The van der Waals surface area contributed by atoms with Crippen molar-refractivity contribution >= 4 is 51.6 Å². The average molecular weight is 802 g/mol. The molecule has 2 heterocycles. The number of rotatable bonds is 5. The number of nitrogens with zero attached hydrogens (tertiary/aromatic N) is 1. The predicted molar refractivity (Wildman–Crippen MR) is 258 cm³/mol. The van der Waals surface area contributed by atoms with Crippen LogP contribution in [0.15, 0.2) is 166 Å². The van der Waals surface area contributed by atoms with E-state index in [9.17, 15) is 0 Å². The molecule has 0 unspecified atom stereocenters. The van der Waals surface area contributed by atoms with E-state index < -0.39 is 8.16 Å². The minimum Gasteiger partial charge on any atom is -0.407 e. The van der Waals surface area contributed by atoms with E-state index >= 15 is 0 Å². The molecule has 298 valence electrons. The van der Waals surface area contributed by atoms with Gasteiger partial charge in [-0.3, -0.25) is 0 Å². The normalized spacial score (nSPS) is 13.8. The van der Waals surface area contributed by atoms with Gasteiger partial charge in [0.2, 0.25) is 0 Å². The third-order valence-electron chi connectivity index (χ3n) is 12.5. The van der Waals surface area contributed by atoms with Gasteiger partial charge in [0.05, 0.1) is 0 Å². The van der Waals surface area contributed by atoms with Crippen molar-refractivity contribution in [3.05, 3.63) is 169 Å². The van der Waals surface area contributed by atoms with Crippen LogP contribution in [0.4, 0.5) is 0 Å². The summed E-state index contributed by atoms with van der Waals surface area (Å²) in [5.74, 6) is 0. The second-order valence-electron chi connectivity index (χ2n) is 18.6. The zero-order chi connectivity index (χ0) is 41.2. The van der Waals surface area contributed by atoms with Gasteiger partial charge in [0.25, 0.3) is 0 Å². The third-order valence-corrected chi connectivity index (χ3v) is 14.0. The van der Waals surface area contributed by atoms with E-state index in [1.807, 2.05) is 0 Å². The molecule has 0 atom stereocenters. The van der Waals surface area contributed by atoms with Gasteiger partial charge in [0, 0.05) is 35.0 Å². The van der Waals surface area contributed by atoms with Crippen LogP contribution in [0.1, 0.15) is 65.5 Å². The van der Waals surface area contributed by atoms with Crippen LogP contribution in [0.5, 0.6) is 0 Å². The number of hydrogen-bond donors (Lipinski definition) is 0. The van der Waals surface area contributed by atoms with E-state index in [1.54, 1.807) is 0 Å². The monoisotopic (exact) mass is 801 g/mol. The second-order valence-corrected chi connectivity index (χ2v) is 20.0. The van der Waals surface area contributed by atoms with Gasteiger partial charge in [-0.2, -0.15) is 0 Å². The summed E-state index contributed by atoms with van der Waals surface area (Å²) < 4.78 is 17.2. The highest BCUT2D eigenvalue weighted by Gasteiger charge is 2.24. The van der Waals surface area contributed by atoms with Crippen LogP contribution in [0.25, 0.3) is 88.0 Å². The molecule has 60 heavy (non-hydrogen) atoms. The van der Waals surface area contributed by atoms with Crippen LogP contribution >= 0.6 is 8.16 Å². The van der Waals surface area contributed by atoms with Gasteiger partial charge in [0.1, 0.15) is 0 Å². The maximum atomic E-state index is 7.40. The lowest BCUT2D eigenvalue weighted by Crippen LogP contribution is -2.12. The molecule has 1 aromatic heterocycles. The van der Waals surface area contributed by atoms with Crippen molar-refractivity contribution in [2.45, 2.75) is 65.2 Å². The van der Waals surface area contributed by atoms with E-state index in [0.717, 1.165) is 80.9 Å². The summed E-state index contributed by atoms with van der Waals surface area (Å²) in [6.45, 7) is 15.5. The minimum atomic E-state index is -1.47. The van der Waals surface area contributed by atoms with Gasteiger partial charge in [-0.1, -0.05) is 187 Å². The first-order chi connectivity index (χ1) is 29.0. The van der Waals surface area contributed by atoms with Gasteiger partial charge in [0.15, 0.2) is 11.2 Å². The van der Waals surface area contributed by atoms with Crippen LogP contribution in [0.3, 0.4) is 0 Å². The van der Waals surface area contributed by atoms with Gasteiger partial charge < -0.3 is 8.39 Å². The molecule has 0 radical (unpaired) electrons. The first kappa shape index (κ1) is 38.3. The van der Waals surface area contributed by atoms with Gasteiger partial charge >= 0.3 is 8.16 Å². The topological polar surface area (TPSA) is 29.5 Å². The molecule has 3 nitrogen and oxygen atoms in total. The highest BCUT2D eigenvalue weighted by molar-refractivity contribution is 7.39. The fourth-order valence-electron chi connectivity index (χ4n) is 8.94. The molecule has 0 N–H and O–H groups in total. The molecule has 0 saturated carbocycles. The first-order valence-corrected chi connectivity index (χ1v) is 22.6. The smallest absolute Gasteiger partial charge is 0.309 e. The van der Waals surface area contributed by atoms with Crippen molar-refractivity contribution in [3.8, 4) is 44.5 Å². The Bertz CT molecular complexity index is 2860. The lowest BCUT2D eigenvalue weighted by atomic mass is 9.86. The van der Waals surface area contributed by atoms with Crippen molar-refractivity contribution in [1.82, 2.24) is 0 Å². The second kappa shape index (κ2) is 15.0. The number of hydrogen-bond acceptors (Lipinski definition) is 3. The Hall–Kier alpha value is -5.86. The standard InChI is InChI=1S/C56H52NO2P/c1-55(2,3)45-29-25-39(26-30-45)37-17-21-41(22-18-37)49-35-43-13-7-9-15-47(43)51-52-48-16-10-8-14-44(48)36-50(54(52)59-60(58-53(49)51)57-33-11-12-34-57)42-23-19-38(20-24-42)40-27-31-46(32-28-40)56(4,5)6/h7-10,13-32,35-36H,11-12,33-34H2,1-6H3. The fraction of sp³-hybridized carbons (Fsp3) is 0.214. The van der Waals surface area contributed by atoms with Crippen molar-refractivity contribution in [2.24, 2.45) is 0 Å². The number of fused-ring (bicyclic) bond motifs is 7. The summed E-state index contributed by atoms with van der Waals surface area (Å²) in [6.07, 6.45) is 2.27. The van der Waals surface area contributed by atoms with E-state index in [4.69, 9.17) is 8.39 Å². The third kappa shape index (κ3) is 7.04. The highest BCUT2D eigenvalue weighted by atomic mass is 31.1. The Morgan fingerprint density at radius 1 is 0.417 bits per heavy atom. The highest BCUT2D eigenvalue weighted by Crippen LogP contribution is 2.48. The molecule has 0 aliphatic carbocycles. The van der Waals surface area contributed by atoms with Gasteiger partial charge in [-0.05, 0) is 102 Å². The molecule has 8 aromatic carbocycles. The summed E-state index contributed by atoms with van der Waals surface area (Å²) >= 11 is 0. The molecular formula is C56H52NO2P. The molecule has 1 fully saturated rings. The molecule has 4 heteroatoms. The van der Waals surface area contributed by atoms with Gasteiger partial charge in [-0.25, -0.2) is 4.67 Å². The molecule has 0 amide bonds. The summed E-state index contributed by atoms with van der Waals surface area (Å²) in [7, 11) is -1.47. The average Bonchev–Trinajstić information content (AvgIpc) is 3.74. The molecule has 1 aliphatic heterocycles. The van der Waals surface area contributed by atoms with Crippen molar-refractivity contribution in [1.29, 1.82) is 0 Å². The Kier molecular flexibility index (Phi) is 9.59. The summed E-state index contributed by atoms with van der Waals surface area (Å²) in [5, 5.41) is 6.85. The Labute approximate surface area is 354 Å². The van der Waals surface area contributed by atoms with Crippen molar-refractivity contribution in [2.75, 3.05) is 17.8 Å². The van der Waals surface area contributed by atoms with Crippen LogP contribution in [0.2, 0.25) is 0 Å². The summed E-state index contributed by atoms with van der Waals surface area (Å²) in [5.41, 5.74) is 13.9.